The van der Waals surface area contributed by atoms with Gasteiger partial charge < -0.3 is 20.1 Å². The molecule has 0 saturated heterocycles. The second-order valence-corrected chi connectivity index (χ2v) is 6.24. The van der Waals surface area contributed by atoms with Crippen molar-refractivity contribution in [2.24, 2.45) is 0 Å². The van der Waals surface area contributed by atoms with Crippen molar-refractivity contribution < 1.29 is 29.6 Å². The molecule has 0 aromatic carbocycles. The van der Waals surface area contributed by atoms with Crippen LogP contribution in [-0.4, -0.2) is 46.6 Å². The van der Waals surface area contributed by atoms with Gasteiger partial charge in [-0.05, 0) is 12.8 Å². The Morgan fingerprint density at radius 1 is 0.840 bits per heavy atom. The lowest BCUT2D eigenvalue weighted by Gasteiger charge is -2.08. The average molecular weight is 363 g/mol. The van der Waals surface area contributed by atoms with E-state index in [1.165, 1.54) is 32.1 Å². The SMILES string of the molecule is CCCCCC(=O)O.CCCCCCCCCC(=O)OCC(O)CO. The van der Waals surface area contributed by atoms with Crippen LogP contribution in [0.15, 0.2) is 0 Å². The van der Waals surface area contributed by atoms with Crippen LogP contribution in [0, 0.1) is 0 Å². The molecule has 0 spiro atoms. The first-order valence-corrected chi connectivity index (χ1v) is 9.64. The van der Waals surface area contributed by atoms with E-state index in [4.69, 9.17) is 20.1 Å². The van der Waals surface area contributed by atoms with Crippen LogP contribution in [0.4, 0.5) is 0 Å². The number of aliphatic carboxylic acids is 1. The number of ether oxygens (including phenoxy) is 1. The first-order valence-electron chi connectivity index (χ1n) is 9.64. The van der Waals surface area contributed by atoms with E-state index >= 15 is 0 Å². The lowest BCUT2D eigenvalue weighted by Crippen LogP contribution is -2.21. The minimum absolute atomic E-state index is 0.105. The first kappa shape index (κ1) is 26.1. The number of unbranched alkanes of at least 4 members (excludes halogenated alkanes) is 8. The highest BCUT2D eigenvalue weighted by Crippen LogP contribution is 2.08. The molecule has 0 radical (unpaired) electrons. The van der Waals surface area contributed by atoms with Crippen LogP contribution < -0.4 is 0 Å². The second kappa shape index (κ2) is 20.9. The molecule has 6 heteroatoms. The van der Waals surface area contributed by atoms with Crippen LogP contribution >= 0.6 is 0 Å². The lowest BCUT2D eigenvalue weighted by molar-refractivity contribution is -0.147. The molecule has 0 aliphatic heterocycles. The minimum atomic E-state index is -0.951. The fourth-order valence-electron chi connectivity index (χ4n) is 2.07. The van der Waals surface area contributed by atoms with Crippen LogP contribution in [0.3, 0.4) is 0 Å². The molecule has 1 atom stereocenters. The van der Waals surface area contributed by atoms with E-state index in [0.717, 1.165) is 32.1 Å². The van der Waals surface area contributed by atoms with E-state index in [2.05, 4.69) is 13.8 Å². The highest BCUT2D eigenvalue weighted by molar-refractivity contribution is 5.69. The topological polar surface area (TPSA) is 104 Å². The third-order valence-electron chi connectivity index (χ3n) is 3.63. The number of carbonyl (C=O) groups excluding carboxylic acids is 1. The van der Waals surface area contributed by atoms with Gasteiger partial charge in [-0.2, -0.15) is 0 Å². The molecule has 1 unspecified atom stereocenters. The molecular weight excluding hydrogens is 324 g/mol. The quantitative estimate of drug-likeness (QED) is 0.303. The largest absolute Gasteiger partial charge is 0.481 e. The number of aliphatic hydroxyl groups is 2. The maximum absolute atomic E-state index is 11.2. The number of hydrogen-bond acceptors (Lipinski definition) is 5. The molecule has 0 fully saturated rings. The van der Waals surface area contributed by atoms with Gasteiger partial charge >= 0.3 is 11.9 Å². The maximum atomic E-state index is 11.2. The van der Waals surface area contributed by atoms with Gasteiger partial charge in [0, 0.05) is 12.8 Å². The molecule has 6 nitrogen and oxygen atoms in total. The average Bonchev–Trinajstić information content (AvgIpc) is 2.59. The maximum Gasteiger partial charge on any atom is 0.305 e. The molecule has 0 aliphatic carbocycles. The summed E-state index contributed by atoms with van der Waals surface area (Å²) >= 11 is 0. The number of hydrogen-bond donors (Lipinski definition) is 3. The van der Waals surface area contributed by atoms with Crippen LogP contribution in [0.25, 0.3) is 0 Å². The molecular formula is C19H38O6. The standard InChI is InChI=1S/C13H26O4.C6H12O2/c1-2-3-4-5-6-7-8-9-13(16)17-11-12(15)10-14;1-2-3-4-5-6(7)8/h12,14-15H,2-11H2,1H3;2-5H2,1H3,(H,7,8). The summed E-state index contributed by atoms with van der Waals surface area (Å²) in [4.78, 5) is 21.1. The third kappa shape index (κ3) is 25.2. The van der Waals surface area contributed by atoms with Crippen molar-refractivity contribution in [2.75, 3.05) is 13.2 Å². The fourth-order valence-corrected chi connectivity index (χ4v) is 2.07. The fraction of sp³-hybridized carbons (Fsp3) is 0.895. The smallest absolute Gasteiger partial charge is 0.305 e. The van der Waals surface area contributed by atoms with E-state index in [1.807, 2.05) is 0 Å². The predicted molar refractivity (Wildman–Crippen MR) is 98.4 cm³/mol. The van der Waals surface area contributed by atoms with Gasteiger partial charge in [-0.3, -0.25) is 9.59 Å². The Bertz CT molecular complexity index is 306. The molecule has 150 valence electrons. The molecule has 0 aromatic heterocycles. The van der Waals surface area contributed by atoms with Crippen molar-refractivity contribution in [3.05, 3.63) is 0 Å². The molecule has 0 rings (SSSR count). The van der Waals surface area contributed by atoms with Crippen molar-refractivity contribution in [3.8, 4) is 0 Å². The Kier molecular flexibility index (Phi) is 21.8. The number of carboxylic acid groups (broad SMARTS) is 1. The van der Waals surface area contributed by atoms with Gasteiger partial charge in [0.25, 0.3) is 0 Å². The van der Waals surface area contributed by atoms with Crippen LogP contribution in [0.5, 0.6) is 0 Å². The Hall–Kier alpha value is -1.14. The zero-order valence-corrected chi connectivity index (χ0v) is 16.0. The summed E-state index contributed by atoms with van der Waals surface area (Å²) in [5.74, 6) is -0.968. The molecule has 0 aliphatic rings. The van der Waals surface area contributed by atoms with Gasteiger partial charge in [-0.15, -0.1) is 0 Å². The summed E-state index contributed by atoms with van der Waals surface area (Å²) in [5.41, 5.74) is 0. The molecule has 0 amide bonds. The van der Waals surface area contributed by atoms with Gasteiger partial charge in [0.05, 0.1) is 6.61 Å². The minimum Gasteiger partial charge on any atom is -0.481 e. The van der Waals surface area contributed by atoms with E-state index in [1.54, 1.807) is 0 Å². The van der Waals surface area contributed by atoms with Crippen molar-refractivity contribution in [2.45, 2.75) is 97.0 Å². The molecule has 25 heavy (non-hydrogen) atoms. The lowest BCUT2D eigenvalue weighted by atomic mass is 10.1. The first-order chi connectivity index (χ1) is 12.0. The number of esters is 1. The highest BCUT2D eigenvalue weighted by atomic mass is 16.5. The van der Waals surface area contributed by atoms with Crippen molar-refractivity contribution in [1.82, 2.24) is 0 Å². The van der Waals surface area contributed by atoms with Crippen molar-refractivity contribution in [3.63, 3.8) is 0 Å². The highest BCUT2D eigenvalue weighted by Gasteiger charge is 2.07. The van der Waals surface area contributed by atoms with Crippen LogP contribution in [-0.2, 0) is 14.3 Å². The summed E-state index contributed by atoms with van der Waals surface area (Å²) in [7, 11) is 0. The number of carboxylic acids is 1. The summed E-state index contributed by atoms with van der Waals surface area (Å²) in [6, 6.07) is 0. The van der Waals surface area contributed by atoms with Crippen molar-refractivity contribution >= 4 is 11.9 Å². The monoisotopic (exact) mass is 362 g/mol. The summed E-state index contributed by atoms with van der Waals surface area (Å²) in [6.07, 6.45) is 10.9. The molecule has 0 aromatic rings. The zero-order valence-electron chi connectivity index (χ0n) is 16.0. The Labute approximate surface area is 152 Å². The van der Waals surface area contributed by atoms with E-state index < -0.39 is 12.1 Å². The molecule has 0 bridgehead atoms. The zero-order chi connectivity index (χ0) is 19.3. The van der Waals surface area contributed by atoms with Gasteiger partial charge in [-0.1, -0.05) is 65.2 Å². The van der Waals surface area contributed by atoms with Gasteiger partial charge in [0.2, 0.25) is 0 Å². The summed E-state index contributed by atoms with van der Waals surface area (Å²) in [6.45, 7) is 3.77. The molecule has 0 saturated carbocycles. The molecule has 0 heterocycles. The molecule has 3 N–H and O–H groups in total. The van der Waals surface area contributed by atoms with Gasteiger partial charge in [0.1, 0.15) is 12.7 Å². The number of rotatable bonds is 15. The van der Waals surface area contributed by atoms with Crippen LogP contribution in [0.2, 0.25) is 0 Å². The van der Waals surface area contributed by atoms with Gasteiger partial charge in [-0.25, -0.2) is 0 Å². The van der Waals surface area contributed by atoms with Gasteiger partial charge in [0.15, 0.2) is 0 Å². The Balaban J connectivity index is 0. The van der Waals surface area contributed by atoms with E-state index in [-0.39, 0.29) is 19.2 Å². The Morgan fingerprint density at radius 2 is 1.32 bits per heavy atom. The third-order valence-corrected chi connectivity index (χ3v) is 3.63. The van der Waals surface area contributed by atoms with Crippen LogP contribution in [0.1, 0.15) is 90.9 Å². The predicted octanol–water partition coefficient (Wildman–Crippen LogP) is 3.67. The normalized spacial score (nSPS) is 11.4. The summed E-state index contributed by atoms with van der Waals surface area (Å²) < 4.78 is 4.79. The van der Waals surface area contributed by atoms with E-state index in [9.17, 15) is 9.59 Å². The number of aliphatic hydroxyl groups excluding tert-OH is 2. The number of carbonyl (C=O) groups is 2. The van der Waals surface area contributed by atoms with Crippen molar-refractivity contribution in [1.29, 1.82) is 0 Å². The summed E-state index contributed by atoms with van der Waals surface area (Å²) in [5, 5.41) is 25.6. The van der Waals surface area contributed by atoms with E-state index in [0.29, 0.717) is 12.8 Å². The second-order valence-electron chi connectivity index (χ2n) is 6.24. The Morgan fingerprint density at radius 3 is 1.84 bits per heavy atom.